The largest absolute Gasteiger partial charge is 0.444 e. The number of β-amino-alcohol motifs (C(OH)–C–C–N with tert-alkyl or cyclic N) is 1. The molecule has 2 aliphatic rings. The first kappa shape index (κ1) is 16.3. The third-order valence-corrected chi connectivity index (χ3v) is 4.46. The number of carbonyl (C=O) groups excluding carboxylic acids is 1. The van der Waals surface area contributed by atoms with E-state index in [1.807, 2.05) is 20.8 Å². The summed E-state index contributed by atoms with van der Waals surface area (Å²) in [6, 6.07) is 8.44. The Morgan fingerprint density at radius 3 is 2.65 bits per heavy atom. The number of aliphatic hydroxyl groups excluding tert-OH is 1. The van der Waals surface area contributed by atoms with E-state index in [4.69, 9.17) is 4.74 Å². The molecule has 3 rings (SSSR count). The lowest BCUT2D eigenvalue weighted by Crippen LogP contribution is -2.50. The molecule has 1 fully saturated rings. The van der Waals surface area contributed by atoms with Crippen LogP contribution in [0.1, 0.15) is 38.3 Å². The predicted molar refractivity (Wildman–Crippen MR) is 87.9 cm³/mol. The first-order valence-corrected chi connectivity index (χ1v) is 8.32. The first-order chi connectivity index (χ1) is 10.8. The van der Waals surface area contributed by atoms with E-state index >= 15 is 0 Å². The monoisotopic (exact) mass is 318 g/mol. The number of fused-ring (bicyclic) bond motifs is 1. The maximum Gasteiger partial charge on any atom is 0.411 e. The van der Waals surface area contributed by atoms with Crippen LogP contribution in [0.2, 0.25) is 0 Å². The quantitative estimate of drug-likeness (QED) is 0.864. The molecule has 0 bridgehead atoms. The van der Waals surface area contributed by atoms with Gasteiger partial charge in [0, 0.05) is 19.5 Å². The fourth-order valence-electron chi connectivity index (χ4n) is 3.43. The number of ether oxygens (including phenoxy) is 1. The van der Waals surface area contributed by atoms with Crippen molar-refractivity contribution in [2.24, 2.45) is 0 Å². The summed E-state index contributed by atoms with van der Waals surface area (Å²) in [7, 11) is 0. The number of aliphatic hydroxyl groups is 1. The lowest BCUT2D eigenvalue weighted by atomic mass is 9.99. The molecule has 0 spiro atoms. The molecule has 5 heteroatoms. The molecule has 2 unspecified atom stereocenters. The number of benzene rings is 1. The fraction of sp³-hybridized carbons (Fsp3) is 0.611. The second-order valence-corrected chi connectivity index (χ2v) is 7.49. The molecule has 1 aromatic rings. The molecule has 1 N–H and O–H groups in total. The Bertz CT molecular complexity index is 582. The molecule has 2 atom stereocenters. The minimum atomic E-state index is -0.524. The number of hydrogen-bond acceptors (Lipinski definition) is 4. The van der Waals surface area contributed by atoms with Crippen molar-refractivity contribution in [1.82, 2.24) is 9.80 Å². The maximum absolute atomic E-state index is 12.5. The molecule has 0 aromatic heterocycles. The number of rotatable bonds is 1. The Morgan fingerprint density at radius 1 is 1.26 bits per heavy atom. The SMILES string of the molecule is CC(C)(C)OC(=O)N1CC(O)CC1N1CCc2ccccc2C1. The van der Waals surface area contributed by atoms with Gasteiger partial charge in [0.2, 0.25) is 0 Å². The fourth-order valence-corrected chi connectivity index (χ4v) is 3.43. The van der Waals surface area contributed by atoms with Gasteiger partial charge in [-0.1, -0.05) is 24.3 Å². The van der Waals surface area contributed by atoms with Gasteiger partial charge in [0.05, 0.1) is 18.8 Å². The molecule has 2 aliphatic heterocycles. The van der Waals surface area contributed by atoms with Gasteiger partial charge in [-0.25, -0.2) is 4.79 Å². The molecule has 1 saturated heterocycles. The summed E-state index contributed by atoms with van der Waals surface area (Å²) in [5, 5.41) is 10.1. The van der Waals surface area contributed by atoms with Gasteiger partial charge in [0.25, 0.3) is 0 Å². The summed E-state index contributed by atoms with van der Waals surface area (Å²) in [6.07, 6.45) is 0.655. The molecular weight excluding hydrogens is 292 g/mol. The summed E-state index contributed by atoms with van der Waals surface area (Å²) < 4.78 is 5.51. The van der Waals surface area contributed by atoms with Crippen molar-refractivity contribution in [3.63, 3.8) is 0 Å². The summed E-state index contributed by atoms with van der Waals surface area (Å²) in [5.74, 6) is 0. The van der Waals surface area contributed by atoms with E-state index in [1.54, 1.807) is 4.90 Å². The lowest BCUT2D eigenvalue weighted by Gasteiger charge is -2.38. The second kappa shape index (κ2) is 6.13. The molecule has 2 heterocycles. The molecular formula is C18H26N2O3. The maximum atomic E-state index is 12.5. The Balaban J connectivity index is 1.74. The third kappa shape index (κ3) is 3.67. The first-order valence-electron chi connectivity index (χ1n) is 8.32. The number of nitrogens with zero attached hydrogens (tertiary/aromatic N) is 2. The minimum Gasteiger partial charge on any atom is -0.444 e. The number of amides is 1. The van der Waals surface area contributed by atoms with Crippen molar-refractivity contribution in [3.05, 3.63) is 35.4 Å². The highest BCUT2D eigenvalue weighted by Gasteiger charge is 2.40. The van der Waals surface area contributed by atoms with E-state index in [1.165, 1.54) is 11.1 Å². The van der Waals surface area contributed by atoms with Crippen LogP contribution in [-0.4, -0.2) is 52.0 Å². The van der Waals surface area contributed by atoms with E-state index < -0.39 is 11.7 Å². The molecule has 126 valence electrons. The molecule has 5 nitrogen and oxygen atoms in total. The minimum absolute atomic E-state index is 0.0896. The van der Waals surface area contributed by atoms with E-state index in [-0.39, 0.29) is 12.3 Å². The van der Waals surface area contributed by atoms with Crippen LogP contribution in [0.3, 0.4) is 0 Å². The highest BCUT2D eigenvalue weighted by molar-refractivity contribution is 5.69. The van der Waals surface area contributed by atoms with E-state index in [2.05, 4.69) is 29.2 Å². The zero-order valence-electron chi connectivity index (χ0n) is 14.2. The number of likely N-dealkylation sites (tertiary alicyclic amines) is 1. The number of carbonyl (C=O) groups is 1. The Kier molecular flexibility index (Phi) is 4.34. The highest BCUT2D eigenvalue weighted by atomic mass is 16.6. The number of hydrogen-bond donors (Lipinski definition) is 1. The van der Waals surface area contributed by atoms with Crippen LogP contribution in [0.25, 0.3) is 0 Å². The molecule has 1 amide bonds. The molecule has 1 aromatic carbocycles. The van der Waals surface area contributed by atoms with Crippen molar-refractivity contribution in [2.75, 3.05) is 13.1 Å². The van der Waals surface area contributed by atoms with Gasteiger partial charge in [0.1, 0.15) is 5.60 Å². The Hall–Kier alpha value is -1.59. The summed E-state index contributed by atoms with van der Waals surface area (Å²) in [5.41, 5.74) is 2.17. The Morgan fingerprint density at radius 2 is 1.96 bits per heavy atom. The predicted octanol–water partition coefficient (Wildman–Crippen LogP) is 2.37. The second-order valence-electron chi connectivity index (χ2n) is 7.49. The summed E-state index contributed by atoms with van der Waals surface area (Å²) >= 11 is 0. The van der Waals surface area contributed by atoms with Crippen LogP contribution in [0.4, 0.5) is 4.79 Å². The Labute approximate surface area is 137 Å². The molecule has 0 saturated carbocycles. The van der Waals surface area contributed by atoms with Gasteiger partial charge in [-0.3, -0.25) is 9.80 Å². The molecule has 23 heavy (non-hydrogen) atoms. The van der Waals surface area contributed by atoms with Crippen molar-refractivity contribution < 1.29 is 14.6 Å². The van der Waals surface area contributed by atoms with E-state index in [0.717, 1.165) is 19.5 Å². The highest BCUT2D eigenvalue weighted by Crippen LogP contribution is 2.28. The van der Waals surface area contributed by atoms with E-state index in [9.17, 15) is 9.90 Å². The van der Waals surface area contributed by atoms with Gasteiger partial charge in [-0.2, -0.15) is 0 Å². The van der Waals surface area contributed by atoms with Gasteiger partial charge in [-0.15, -0.1) is 0 Å². The van der Waals surface area contributed by atoms with Crippen LogP contribution in [0.5, 0.6) is 0 Å². The van der Waals surface area contributed by atoms with Gasteiger partial charge < -0.3 is 9.84 Å². The standard InChI is InChI=1S/C18H26N2O3/c1-18(2,3)23-17(22)20-12-15(21)10-16(20)19-9-8-13-6-4-5-7-14(13)11-19/h4-7,15-16,21H,8-12H2,1-3H3. The average Bonchev–Trinajstić information content (AvgIpc) is 2.87. The van der Waals surface area contributed by atoms with Gasteiger partial charge in [0.15, 0.2) is 0 Å². The molecule has 0 radical (unpaired) electrons. The third-order valence-electron chi connectivity index (χ3n) is 4.46. The lowest BCUT2D eigenvalue weighted by molar-refractivity contribution is -0.00235. The van der Waals surface area contributed by atoms with Crippen molar-refractivity contribution in [3.8, 4) is 0 Å². The summed E-state index contributed by atoms with van der Waals surface area (Å²) in [4.78, 5) is 16.4. The van der Waals surface area contributed by atoms with Crippen LogP contribution in [0.15, 0.2) is 24.3 Å². The van der Waals surface area contributed by atoms with Gasteiger partial charge in [-0.05, 0) is 38.3 Å². The van der Waals surface area contributed by atoms with Crippen LogP contribution >= 0.6 is 0 Å². The van der Waals surface area contributed by atoms with Crippen molar-refractivity contribution in [1.29, 1.82) is 0 Å². The van der Waals surface area contributed by atoms with Crippen LogP contribution < -0.4 is 0 Å². The van der Waals surface area contributed by atoms with Crippen LogP contribution in [0, 0.1) is 0 Å². The zero-order valence-corrected chi connectivity index (χ0v) is 14.2. The van der Waals surface area contributed by atoms with E-state index in [0.29, 0.717) is 13.0 Å². The van der Waals surface area contributed by atoms with Crippen molar-refractivity contribution in [2.45, 2.75) is 58.0 Å². The van der Waals surface area contributed by atoms with Crippen LogP contribution in [-0.2, 0) is 17.7 Å². The van der Waals surface area contributed by atoms with Crippen molar-refractivity contribution >= 4 is 6.09 Å². The average molecular weight is 318 g/mol. The smallest absolute Gasteiger partial charge is 0.411 e. The normalized spacial score (nSPS) is 25.3. The topological polar surface area (TPSA) is 53.0 Å². The molecule has 0 aliphatic carbocycles. The zero-order chi connectivity index (χ0) is 16.6. The summed E-state index contributed by atoms with van der Waals surface area (Å²) in [6.45, 7) is 7.65. The van der Waals surface area contributed by atoms with Gasteiger partial charge >= 0.3 is 6.09 Å².